The Labute approximate surface area is 119 Å². The molecule has 4 nitrogen and oxygen atoms in total. The van der Waals surface area contributed by atoms with E-state index in [2.05, 4.69) is 0 Å². The SMILES string of the molecule is O=C(O)c1cc2c(c(-c3ccccc3)c1)C(=O)OC2=S. The molecule has 98 valence electrons. The second-order valence-electron chi connectivity index (χ2n) is 4.29. The Bertz CT molecular complexity index is 750. The van der Waals surface area contributed by atoms with Crippen molar-refractivity contribution in [2.24, 2.45) is 0 Å². The van der Waals surface area contributed by atoms with Crippen molar-refractivity contribution in [3.63, 3.8) is 0 Å². The maximum absolute atomic E-state index is 11.9. The molecule has 0 fully saturated rings. The molecule has 0 spiro atoms. The van der Waals surface area contributed by atoms with Crippen LogP contribution in [0.3, 0.4) is 0 Å². The van der Waals surface area contributed by atoms with Crippen LogP contribution in [-0.2, 0) is 4.74 Å². The minimum absolute atomic E-state index is 0.0188. The van der Waals surface area contributed by atoms with Crippen molar-refractivity contribution in [2.75, 3.05) is 0 Å². The van der Waals surface area contributed by atoms with Crippen LogP contribution in [0.25, 0.3) is 11.1 Å². The summed E-state index contributed by atoms with van der Waals surface area (Å²) < 4.78 is 4.93. The summed E-state index contributed by atoms with van der Waals surface area (Å²) in [5.74, 6) is -1.62. The first kappa shape index (κ1) is 12.5. The number of fused-ring (bicyclic) bond motifs is 1. The molecule has 5 heteroatoms. The van der Waals surface area contributed by atoms with Gasteiger partial charge in [0.25, 0.3) is 0 Å². The van der Waals surface area contributed by atoms with E-state index < -0.39 is 11.9 Å². The number of esters is 1. The fourth-order valence-corrected chi connectivity index (χ4v) is 2.42. The topological polar surface area (TPSA) is 63.6 Å². The standard InChI is InChI=1S/C15H8O4S/c16-13(17)9-6-10(8-4-2-1-3-5-8)12-11(7-9)15(20)19-14(12)18/h1-7H,(H,16,17). The van der Waals surface area contributed by atoms with Gasteiger partial charge in [-0.3, -0.25) is 0 Å². The molecule has 0 amide bonds. The number of carboxylic acid groups (broad SMARTS) is 1. The molecule has 2 aromatic rings. The van der Waals surface area contributed by atoms with Crippen LogP contribution >= 0.6 is 12.2 Å². The van der Waals surface area contributed by atoms with Gasteiger partial charge in [-0.25, -0.2) is 9.59 Å². The van der Waals surface area contributed by atoms with Crippen LogP contribution in [-0.4, -0.2) is 22.1 Å². The van der Waals surface area contributed by atoms with Crippen molar-refractivity contribution >= 4 is 29.2 Å². The number of hydrogen-bond donors (Lipinski definition) is 1. The van der Waals surface area contributed by atoms with Gasteiger partial charge in [0.1, 0.15) is 0 Å². The number of thiocarbonyl (C=S) groups is 1. The zero-order valence-corrected chi connectivity index (χ0v) is 10.9. The lowest BCUT2D eigenvalue weighted by Gasteiger charge is -2.07. The van der Waals surface area contributed by atoms with Gasteiger partial charge in [0.05, 0.1) is 11.1 Å². The molecule has 0 radical (unpaired) electrons. The fraction of sp³-hybridized carbons (Fsp3) is 0. The highest BCUT2D eigenvalue weighted by molar-refractivity contribution is 7.80. The van der Waals surface area contributed by atoms with Gasteiger partial charge >= 0.3 is 11.9 Å². The molecule has 0 aromatic heterocycles. The fourth-order valence-electron chi connectivity index (χ4n) is 2.18. The van der Waals surface area contributed by atoms with Gasteiger partial charge in [-0.2, -0.15) is 0 Å². The van der Waals surface area contributed by atoms with Crippen LogP contribution in [0.2, 0.25) is 0 Å². The number of aromatic carboxylic acids is 1. The van der Waals surface area contributed by atoms with E-state index in [1.54, 1.807) is 12.1 Å². The van der Waals surface area contributed by atoms with Gasteiger partial charge in [0.2, 0.25) is 5.05 Å². The minimum atomic E-state index is -1.08. The Kier molecular flexibility index (Phi) is 2.84. The predicted molar refractivity (Wildman–Crippen MR) is 76.0 cm³/mol. The van der Waals surface area contributed by atoms with Crippen molar-refractivity contribution in [1.29, 1.82) is 0 Å². The van der Waals surface area contributed by atoms with Crippen LogP contribution < -0.4 is 0 Å². The van der Waals surface area contributed by atoms with E-state index in [4.69, 9.17) is 17.0 Å². The molecule has 0 aliphatic carbocycles. The van der Waals surface area contributed by atoms with Crippen molar-refractivity contribution in [3.05, 3.63) is 59.2 Å². The number of hydrogen-bond acceptors (Lipinski definition) is 4. The molecule has 1 N–H and O–H groups in total. The van der Waals surface area contributed by atoms with Crippen LogP contribution in [0.4, 0.5) is 0 Å². The number of carbonyl (C=O) groups excluding carboxylic acids is 1. The summed E-state index contributed by atoms with van der Waals surface area (Å²) in [6.07, 6.45) is 0. The zero-order valence-electron chi connectivity index (χ0n) is 10.1. The summed E-state index contributed by atoms with van der Waals surface area (Å²) in [5, 5.41) is 9.19. The normalized spacial score (nSPS) is 13.0. The monoisotopic (exact) mass is 284 g/mol. The van der Waals surface area contributed by atoms with Crippen molar-refractivity contribution < 1.29 is 19.4 Å². The lowest BCUT2D eigenvalue weighted by atomic mass is 9.94. The highest BCUT2D eigenvalue weighted by Gasteiger charge is 2.31. The molecule has 1 heterocycles. The predicted octanol–water partition coefficient (Wildman–Crippen LogP) is 2.90. The summed E-state index contributed by atoms with van der Waals surface area (Å²) in [6, 6.07) is 11.9. The molecule has 1 aliphatic heterocycles. The molecule has 0 saturated carbocycles. The summed E-state index contributed by atoms with van der Waals surface area (Å²) in [6.45, 7) is 0. The van der Waals surface area contributed by atoms with Crippen LogP contribution in [0, 0.1) is 0 Å². The zero-order chi connectivity index (χ0) is 14.3. The Morgan fingerprint density at radius 3 is 2.40 bits per heavy atom. The second-order valence-corrected chi connectivity index (χ2v) is 4.67. The molecule has 0 unspecified atom stereocenters. The average Bonchev–Trinajstić information content (AvgIpc) is 2.74. The number of carbonyl (C=O) groups is 2. The Hall–Kier alpha value is -2.53. The number of ether oxygens (including phenoxy) is 1. The quantitative estimate of drug-likeness (QED) is 0.678. The highest BCUT2D eigenvalue weighted by Crippen LogP contribution is 2.33. The number of carboxylic acids is 1. The van der Waals surface area contributed by atoms with E-state index in [9.17, 15) is 14.7 Å². The Balaban J connectivity index is 2.34. The number of benzene rings is 2. The third-order valence-corrected chi connectivity index (χ3v) is 3.38. The third kappa shape index (κ3) is 1.88. The maximum atomic E-state index is 11.9. The molecule has 0 bridgehead atoms. The summed E-state index contributed by atoms with van der Waals surface area (Å²) in [4.78, 5) is 23.1. The third-order valence-electron chi connectivity index (χ3n) is 3.08. The molecule has 0 saturated heterocycles. The summed E-state index contributed by atoms with van der Waals surface area (Å²) in [5.41, 5.74) is 2.03. The van der Waals surface area contributed by atoms with Gasteiger partial charge in [0, 0.05) is 5.56 Å². The van der Waals surface area contributed by atoms with Crippen LogP contribution in [0.1, 0.15) is 26.3 Å². The molecule has 0 atom stereocenters. The van der Waals surface area contributed by atoms with E-state index in [-0.39, 0.29) is 10.6 Å². The van der Waals surface area contributed by atoms with Crippen molar-refractivity contribution in [3.8, 4) is 11.1 Å². The number of cyclic esters (lactones) is 1. The van der Waals surface area contributed by atoms with Gasteiger partial charge < -0.3 is 9.84 Å². The van der Waals surface area contributed by atoms with Crippen molar-refractivity contribution in [1.82, 2.24) is 0 Å². The Morgan fingerprint density at radius 2 is 1.75 bits per heavy atom. The molecule has 20 heavy (non-hydrogen) atoms. The molecule has 2 aromatic carbocycles. The largest absolute Gasteiger partial charge is 0.478 e. The van der Waals surface area contributed by atoms with E-state index >= 15 is 0 Å². The van der Waals surface area contributed by atoms with E-state index in [1.165, 1.54) is 12.1 Å². The van der Waals surface area contributed by atoms with Crippen molar-refractivity contribution in [2.45, 2.75) is 0 Å². The smallest absolute Gasteiger partial charge is 0.345 e. The lowest BCUT2D eigenvalue weighted by Crippen LogP contribution is -2.02. The van der Waals surface area contributed by atoms with E-state index in [0.29, 0.717) is 16.7 Å². The summed E-state index contributed by atoms with van der Waals surface area (Å²) >= 11 is 4.97. The number of rotatable bonds is 2. The first-order valence-corrected chi connectivity index (χ1v) is 6.22. The molecular weight excluding hydrogens is 276 g/mol. The van der Waals surface area contributed by atoms with Gasteiger partial charge in [-0.15, -0.1) is 0 Å². The summed E-state index contributed by atoms with van der Waals surface area (Å²) in [7, 11) is 0. The van der Waals surface area contributed by atoms with E-state index in [0.717, 1.165) is 5.56 Å². The Morgan fingerprint density at radius 1 is 1.10 bits per heavy atom. The first-order chi connectivity index (χ1) is 9.58. The maximum Gasteiger partial charge on any atom is 0.345 e. The minimum Gasteiger partial charge on any atom is -0.478 e. The van der Waals surface area contributed by atoms with Gasteiger partial charge in [-0.05, 0) is 35.5 Å². The first-order valence-electron chi connectivity index (χ1n) is 5.81. The molecule has 1 aliphatic rings. The average molecular weight is 284 g/mol. The van der Waals surface area contributed by atoms with Crippen LogP contribution in [0.15, 0.2) is 42.5 Å². The van der Waals surface area contributed by atoms with E-state index in [1.807, 2.05) is 18.2 Å². The van der Waals surface area contributed by atoms with Gasteiger partial charge in [0.15, 0.2) is 0 Å². The molecular formula is C15H8O4S. The highest BCUT2D eigenvalue weighted by atomic mass is 32.1. The van der Waals surface area contributed by atoms with Gasteiger partial charge in [-0.1, -0.05) is 30.3 Å². The second kappa shape index (κ2) is 4.54. The molecule has 3 rings (SSSR count). The van der Waals surface area contributed by atoms with Crippen LogP contribution in [0.5, 0.6) is 0 Å². The lowest BCUT2D eigenvalue weighted by molar-refractivity contribution is 0.0694.